The first kappa shape index (κ1) is 20.8. The number of aliphatic carboxylic acids is 1. The smallest absolute Gasteiger partial charge is 0.408 e. The number of amides is 1. The maximum absolute atomic E-state index is 11.6. The molecule has 146 valence electrons. The van der Waals surface area contributed by atoms with Crippen molar-refractivity contribution < 1.29 is 19.8 Å². The van der Waals surface area contributed by atoms with E-state index in [1.165, 1.54) is 0 Å². The molecule has 0 saturated carbocycles. The topological polar surface area (TPSA) is 95.7 Å². The molecule has 1 heterocycles. The summed E-state index contributed by atoms with van der Waals surface area (Å²) in [6.45, 7) is 4.41. The molecular weight excluding hydrogens is 370 g/mol. The molecule has 1 aromatic carbocycles. The Labute approximate surface area is 163 Å². The minimum Gasteiger partial charge on any atom is -0.480 e. The highest BCUT2D eigenvalue weighted by atomic mass is 35.5. The Morgan fingerprint density at radius 2 is 1.89 bits per heavy atom. The number of halogens is 1. The second-order valence-corrected chi connectivity index (χ2v) is 7.29. The van der Waals surface area contributed by atoms with Gasteiger partial charge in [0.05, 0.1) is 6.33 Å². The zero-order valence-electron chi connectivity index (χ0n) is 15.4. The van der Waals surface area contributed by atoms with Gasteiger partial charge in [-0.1, -0.05) is 37.6 Å². The minimum absolute atomic E-state index is 0.0726. The molecular formula is C19H24ClN3O4. The summed E-state index contributed by atoms with van der Waals surface area (Å²) in [7, 11) is 0. The molecule has 1 atom stereocenters. The van der Waals surface area contributed by atoms with Crippen molar-refractivity contribution in [3.8, 4) is 0 Å². The monoisotopic (exact) mass is 393 g/mol. The molecule has 1 amide bonds. The van der Waals surface area contributed by atoms with Gasteiger partial charge in [0.15, 0.2) is 0 Å². The van der Waals surface area contributed by atoms with Gasteiger partial charge < -0.3 is 14.8 Å². The van der Waals surface area contributed by atoms with Gasteiger partial charge in [-0.3, -0.25) is 4.90 Å². The van der Waals surface area contributed by atoms with Gasteiger partial charge in [-0.05, 0) is 30.0 Å². The van der Waals surface area contributed by atoms with Gasteiger partial charge in [0.2, 0.25) is 0 Å². The van der Waals surface area contributed by atoms with Crippen LogP contribution in [0.3, 0.4) is 0 Å². The summed E-state index contributed by atoms with van der Waals surface area (Å²) >= 11 is 5.90. The number of carboxylic acids is 1. The van der Waals surface area contributed by atoms with Crippen LogP contribution in [-0.2, 0) is 17.8 Å². The van der Waals surface area contributed by atoms with Crippen LogP contribution >= 0.6 is 11.6 Å². The lowest BCUT2D eigenvalue weighted by molar-refractivity contribution is -0.143. The van der Waals surface area contributed by atoms with Crippen molar-refractivity contribution >= 4 is 23.7 Å². The van der Waals surface area contributed by atoms with E-state index in [9.17, 15) is 19.8 Å². The van der Waals surface area contributed by atoms with Gasteiger partial charge in [-0.25, -0.2) is 14.6 Å². The summed E-state index contributed by atoms with van der Waals surface area (Å²) in [6, 6.07) is 6.39. The van der Waals surface area contributed by atoms with Crippen molar-refractivity contribution in [1.82, 2.24) is 14.5 Å². The number of imidazole rings is 1. The van der Waals surface area contributed by atoms with Gasteiger partial charge >= 0.3 is 12.1 Å². The van der Waals surface area contributed by atoms with E-state index in [1.54, 1.807) is 12.5 Å². The van der Waals surface area contributed by atoms with Crippen molar-refractivity contribution in [2.75, 3.05) is 6.54 Å². The third-order valence-corrected chi connectivity index (χ3v) is 4.53. The molecule has 2 aromatic rings. The van der Waals surface area contributed by atoms with E-state index in [2.05, 4.69) is 4.98 Å². The molecule has 0 saturated heterocycles. The minimum atomic E-state index is -1.23. The van der Waals surface area contributed by atoms with E-state index in [0.29, 0.717) is 18.0 Å². The quantitative estimate of drug-likeness (QED) is 0.678. The lowest BCUT2D eigenvalue weighted by atomic mass is 10.0. The fourth-order valence-electron chi connectivity index (χ4n) is 2.91. The van der Waals surface area contributed by atoms with Gasteiger partial charge in [-0.15, -0.1) is 0 Å². The summed E-state index contributed by atoms with van der Waals surface area (Å²) in [5.74, 6) is -1.05. The molecule has 0 fully saturated rings. The molecule has 0 bridgehead atoms. The Bertz CT molecular complexity index is 774. The third-order valence-electron chi connectivity index (χ3n) is 4.28. The summed E-state index contributed by atoms with van der Waals surface area (Å²) in [6.07, 6.45) is 2.77. The summed E-state index contributed by atoms with van der Waals surface area (Å²) in [5.41, 5.74) is 1.88. The van der Waals surface area contributed by atoms with Crippen LogP contribution in [0.15, 0.2) is 36.8 Å². The highest BCUT2D eigenvalue weighted by Gasteiger charge is 2.30. The average molecular weight is 394 g/mol. The van der Waals surface area contributed by atoms with E-state index >= 15 is 0 Å². The van der Waals surface area contributed by atoms with Crippen LogP contribution in [-0.4, -0.2) is 49.3 Å². The second kappa shape index (κ2) is 9.41. The van der Waals surface area contributed by atoms with Crippen molar-refractivity contribution in [2.24, 2.45) is 5.92 Å². The number of nitrogens with zero attached hydrogens (tertiary/aromatic N) is 3. The number of hydrogen-bond donors (Lipinski definition) is 2. The van der Waals surface area contributed by atoms with Crippen LogP contribution in [0, 0.1) is 5.92 Å². The standard InChI is InChI=1S/C19H24ClN3O4/c1-13(2)9-17(18(24)25)23(19(26)27)8-7-16-10-21-12-22(16)11-14-3-5-15(20)6-4-14/h3-6,10,12-13,17H,7-9,11H2,1-2H3,(H,24,25)(H,26,27). The molecule has 1 unspecified atom stereocenters. The van der Waals surface area contributed by atoms with Crippen molar-refractivity contribution in [1.29, 1.82) is 0 Å². The average Bonchev–Trinajstić information content (AvgIpc) is 3.02. The first-order valence-electron chi connectivity index (χ1n) is 8.73. The number of carbonyl (C=O) groups is 2. The van der Waals surface area contributed by atoms with E-state index in [1.807, 2.05) is 42.7 Å². The van der Waals surface area contributed by atoms with Gasteiger partial charge in [0.25, 0.3) is 0 Å². The first-order valence-corrected chi connectivity index (χ1v) is 9.11. The van der Waals surface area contributed by atoms with Gasteiger partial charge in [0, 0.05) is 36.4 Å². The fourth-order valence-corrected chi connectivity index (χ4v) is 3.04. The van der Waals surface area contributed by atoms with Crippen LogP contribution in [0.2, 0.25) is 5.02 Å². The highest BCUT2D eigenvalue weighted by Crippen LogP contribution is 2.15. The van der Waals surface area contributed by atoms with Crippen molar-refractivity contribution in [3.63, 3.8) is 0 Å². The Balaban J connectivity index is 2.09. The van der Waals surface area contributed by atoms with E-state index in [-0.39, 0.29) is 18.9 Å². The lowest BCUT2D eigenvalue weighted by Gasteiger charge is -2.27. The summed E-state index contributed by atoms with van der Waals surface area (Å²) in [4.78, 5) is 28.3. The largest absolute Gasteiger partial charge is 0.480 e. The molecule has 1 aromatic heterocycles. The Morgan fingerprint density at radius 3 is 2.44 bits per heavy atom. The van der Waals surface area contributed by atoms with Crippen molar-refractivity contribution in [2.45, 2.75) is 39.3 Å². The fraction of sp³-hybridized carbons (Fsp3) is 0.421. The second-order valence-electron chi connectivity index (χ2n) is 6.85. The summed E-state index contributed by atoms with van der Waals surface area (Å²) < 4.78 is 1.92. The molecule has 7 nitrogen and oxygen atoms in total. The van der Waals surface area contributed by atoms with Crippen LogP contribution in [0.1, 0.15) is 31.5 Å². The Morgan fingerprint density at radius 1 is 1.22 bits per heavy atom. The van der Waals surface area contributed by atoms with Gasteiger partial charge in [-0.2, -0.15) is 0 Å². The number of rotatable bonds is 9. The molecule has 0 aliphatic heterocycles. The van der Waals surface area contributed by atoms with Crippen LogP contribution in [0.5, 0.6) is 0 Å². The lowest BCUT2D eigenvalue weighted by Crippen LogP contribution is -2.46. The Kier molecular flexibility index (Phi) is 7.24. The third kappa shape index (κ3) is 5.99. The summed E-state index contributed by atoms with van der Waals surface area (Å²) in [5, 5.41) is 19.6. The van der Waals surface area contributed by atoms with E-state index < -0.39 is 18.1 Å². The predicted molar refractivity (Wildman–Crippen MR) is 102 cm³/mol. The maximum atomic E-state index is 11.6. The van der Waals surface area contributed by atoms with Gasteiger partial charge in [0.1, 0.15) is 6.04 Å². The zero-order chi connectivity index (χ0) is 20.0. The predicted octanol–water partition coefficient (Wildman–Crippen LogP) is 3.61. The number of hydrogen-bond acceptors (Lipinski definition) is 3. The normalized spacial score (nSPS) is 12.1. The van der Waals surface area contributed by atoms with Crippen LogP contribution < -0.4 is 0 Å². The van der Waals surface area contributed by atoms with Crippen LogP contribution in [0.25, 0.3) is 0 Å². The number of carboxylic acid groups (broad SMARTS) is 2. The number of aromatic nitrogens is 2. The molecule has 0 aliphatic carbocycles. The van der Waals surface area contributed by atoms with Crippen LogP contribution in [0.4, 0.5) is 4.79 Å². The SMILES string of the molecule is CC(C)CC(C(=O)O)N(CCc1cncn1Cc1ccc(Cl)cc1)C(=O)O. The number of benzene rings is 1. The maximum Gasteiger partial charge on any atom is 0.408 e. The molecule has 27 heavy (non-hydrogen) atoms. The molecule has 0 radical (unpaired) electrons. The van der Waals surface area contributed by atoms with Crippen molar-refractivity contribution in [3.05, 3.63) is 53.1 Å². The molecule has 8 heteroatoms. The molecule has 0 spiro atoms. The zero-order valence-corrected chi connectivity index (χ0v) is 16.1. The highest BCUT2D eigenvalue weighted by molar-refractivity contribution is 6.30. The van der Waals surface area contributed by atoms with E-state index in [4.69, 9.17) is 11.6 Å². The molecule has 0 aliphatic rings. The first-order chi connectivity index (χ1) is 12.8. The molecule has 2 rings (SSSR count). The Hall–Kier alpha value is -2.54. The van der Waals surface area contributed by atoms with E-state index in [0.717, 1.165) is 16.2 Å². The molecule has 2 N–H and O–H groups in total.